The van der Waals surface area contributed by atoms with E-state index >= 15 is 0 Å². The number of hydrogen-bond acceptors (Lipinski definition) is 2. The van der Waals surface area contributed by atoms with Crippen LogP contribution in [-0.2, 0) is 10.0 Å². The van der Waals surface area contributed by atoms with Crippen LogP contribution in [0, 0.1) is 12.8 Å². The molecule has 1 unspecified atom stereocenters. The van der Waals surface area contributed by atoms with Gasteiger partial charge >= 0.3 is 0 Å². The van der Waals surface area contributed by atoms with Gasteiger partial charge in [-0.1, -0.05) is 19.1 Å². The van der Waals surface area contributed by atoms with Crippen molar-refractivity contribution in [3.05, 3.63) is 29.8 Å². The van der Waals surface area contributed by atoms with Gasteiger partial charge in [0.05, 0.1) is 11.4 Å². The second-order valence-electron chi connectivity index (χ2n) is 4.54. The first-order valence-electron chi connectivity index (χ1n) is 6.03. The fraction of sp³-hybridized carbons (Fsp3) is 0.538. The van der Waals surface area contributed by atoms with Crippen LogP contribution in [0.3, 0.4) is 0 Å². The average Bonchev–Trinajstić information content (AvgIpc) is 2.28. The Morgan fingerprint density at radius 2 is 2.06 bits per heavy atom. The van der Waals surface area contributed by atoms with Gasteiger partial charge in [-0.15, -0.1) is 11.6 Å². The molecule has 0 radical (unpaired) electrons. The van der Waals surface area contributed by atoms with Crippen molar-refractivity contribution in [3.63, 3.8) is 0 Å². The highest BCUT2D eigenvalue weighted by molar-refractivity contribution is 7.92. The monoisotopic (exact) mass is 289 g/mol. The van der Waals surface area contributed by atoms with Crippen LogP contribution >= 0.6 is 11.6 Å². The highest BCUT2D eigenvalue weighted by atomic mass is 35.5. The van der Waals surface area contributed by atoms with Gasteiger partial charge in [0, 0.05) is 12.4 Å². The maximum Gasteiger partial charge on any atom is 0.235 e. The molecular weight excluding hydrogens is 270 g/mol. The van der Waals surface area contributed by atoms with Crippen LogP contribution in [0.4, 0.5) is 5.69 Å². The first kappa shape index (κ1) is 15.3. The Kier molecular flexibility index (Phi) is 5.47. The van der Waals surface area contributed by atoms with E-state index in [9.17, 15) is 8.42 Å². The van der Waals surface area contributed by atoms with E-state index in [1.165, 1.54) is 4.31 Å². The number of hydrogen-bond donors (Lipinski definition) is 0. The van der Waals surface area contributed by atoms with Crippen molar-refractivity contribution in [2.24, 2.45) is 5.92 Å². The van der Waals surface area contributed by atoms with Gasteiger partial charge in [-0.2, -0.15) is 0 Å². The number of rotatable bonds is 6. The summed E-state index contributed by atoms with van der Waals surface area (Å²) in [5.41, 5.74) is 1.77. The molecule has 0 aromatic heterocycles. The van der Waals surface area contributed by atoms with Crippen molar-refractivity contribution in [2.75, 3.05) is 22.5 Å². The van der Waals surface area contributed by atoms with Crippen molar-refractivity contribution in [3.8, 4) is 0 Å². The number of anilines is 1. The van der Waals surface area contributed by atoms with Crippen LogP contribution in [0.25, 0.3) is 0 Å². The Balaban J connectivity index is 3.03. The SMILES string of the molecule is CCN(c1cccc(C)c1)S(=O)(=O)CC(C)CCl. The molecule has 5 heteroatoms. The lowest BCUT2D eigenvalue weighted by Gasteiger charge is -2.24. The molecule has 0 aliphatic heterocycles. The second kappa shape index (κ2) is 6.43. The molecule has 102 valence electrons. The highest BCUT2D eigenvalue weighted by Crippen LogP contribution is 2.20. The summed E-state index contributed by atoms with van der Waals surface area (Å²) in [5.74, 6) is 0.388. The summed E-state index contributed by atoms with van der Waals surface area (Å²) >= 11 is 5.69. The Bertz CT molecular complexity index is 488. The Hall–Kier alpha value is -0.740. The predicted octanol–water partition coefficient (Wildman–Crippen LogP) is 3.03. The van der Waals surface area contributed by atoms with E-state index in [1.54, 1.807) is 0 Å². The molecule has 1 atom stereocenters. The first-order valence-corrected chi connectivity index (χ1v) is 8.18. The van der Waals surface area contributed by atoms with Crippen molar-refractivity contribution in [2.45, 2.75) is 20.8 Å². The second-order valence-corrected chi connectivity index (χ2v) is 6.79. The van der Waals surface area contributed by atoms with Gasteiger partial charge in [0.1, 0.15) is 0 Å². The average molecular weight is 290 g/mol. The minimum Gasteiger partial charge on any atom is -0.271 e. The quantitative estimate of drug-likeness (QED) is 0.755. The summed E-state index contributed by atoms with van der Waals surface area (Å²) in [4.78, 5) is 0. The molecule has 1 aromatic carbocycles. The lowest BCUT2D eigenvalue weighted by molar-refractivity contribution is 0.579. The lowest BCUT2D eigenvalue weighted by Crippen LogP contribution is -2.35. The van der Waals surface area contributed by atoms with E-state index in [4.69, 9.17) is 11.6 Å². The van der Waals surface area contributed by atoms with Crippen molar-refractivity contribution < 1.29 is 8.42 Å². The zero-order chi connectivity index (χ0) is 13.8. The van der Waals surface area contributed by atoms with E-state index in [0.29, 0.717) is 12.4 Å². The molecule has 3 nitrogen and oxygen atoms in total. The topological polar surface area (TPSA) is 37.4 Å². The van der Waals surface area contributed by atoms with Crippen LogP contribution in [0.2, 0.25) is 0 Å². The van der Waals surface area contributed by atoms with E-state index in [0.717, 1.165) is 11.3 Å². The van der Waals surface area contributed by atoms with Crippen LogP contribution in [0.5, 0.6) is 0 Å². The van der Waals surface area contributed by atoms with Gasteiger partial charge in [-0.25, -0.2) is 8.42 Å². The Labute approximate surface area is 115 Å². The van der Waals surface area contributed by atoms with Gasteiger partial charge in [-0.3, -0.25) is 4.31 Å². The summed E-state index contributed by atoms with van der Waals surface area (Å²) in [5, 5.41) is 0. The van der Waals surface area contributed by atoms with Crippen molar-refractivity contribution in [1.82, 2.24) is 0 Å². The molecule has 0 heterocycles. The molecular formula is C13H20ClNO2S. The van der Waals surface area contributed by atoms with Gasteiger partial charge < -0.3 is 0 Å². The third-order valence-corrected chi connectivity index (χ3v) is 5.33. The summed E-state index contributed by atoms with van der Waals surface area (Å²) in [6.45, 7) is 6.06. The summed E-state index contributed by atoms with van der Waals surface area (Å²) in [7, 11) is -3.30. The molecule has 0 bridgehead atoms. The number of sulfonamides is 1. The Morgan fingerprint density at radius 3 is 2.56 bits per heavy atom. The number of alkyl halides is 1. The minimum atomic E-state index is -3.30. The van der Waals surface area contributed by atoms with Gasteiger partial charge in [0.25, 0.3) is 0 Å². The first-order chi connectivity index (χ1) is 8.40. The zero-order valence-electron chi connectivity index (χ0n) is 11.1. The van der Waals surface area contributed by atoms with Gasteiger partial charge in [0.2, 0.25) is 10.0 Å². The van der Waals surface area contributed by atoms with Crippen LogP contribution in [0.1, 0.15) is 19.4 Å². The fourth-order valence-electron chi connectivity index (χ4n) is 1.82. The molecule has 1 rings (SSSR count). The third kappa shape index (κ3) is 3.89. The molecule has 0 spiro atoms. The summed E-state index contributed by atoms with van der Waals surface area (Å²) in [6, 6.07) is 7.52. The summed E-state index contributed by atoms with van der Waals surface area (Å²) in [6.07, 6.45) is 0. The molecule has 0 aliphatic rings. The molecule has 0 saturated carbocycles. The van der Waals surface area contributed by atoms with E-state index in [2.05, 4.69) is 0 Å². The highest BCUT2D eigenvalue weighted by Gasteiger charge is 2.23. The van der Waals surface area contributed by atoms with Crippen LogP contribution in [-0.4, -0.2) is 26.6 Å². The lowest BCUT2D eigenvalue weighted by atomic mass is 10.2. The normalized spacial score (nSPS) is 13.3. The Morgan fingerprint density at radius 1 is 1.39 bits per heavy atom. The molecule has 0 saturated heterocycles. The van der Waals surface area contributed by atoms with Gasteiger partial charge in [0.15, 0.2) is 0 Å². The van der Waals surface area contributed by atoms with E-state index < -0.39 is 10.0 Å². The standard InChI is InChI=1S/C13H20ClNO2S/c1-4-15(13-7-5-6-11(2)8-13)18(16,17)10-12(3)9-14/h5-8,12H,4,9-10H2,1-3H3. The number of benzene rings is 1. The molecule has 1 aromatic rings. The molecule has 0 fully saturated rings. The van der Waals surface area contributed by atoms with Crippen LogP contribution < -0.4 is 4.31 Å². The number of nitrogens with zero attached hydrogens (tertiary/aromatic N) is 1. The smallest absolute Gasteiger partial charge is 0.235 e. The van der Waals surface area contributed by atoms with Crippen molar-refractivity contribution >= 4 is 27.3 Å². The number of aryl methyl sites for hydroxylation is 1. The molecule has 0 amide bonds. The molecule has 18 heavy (non-hydrogen) atoms. The maximum absolute atomic E-state index is 12.3. The number of halogens is 1. The van der Waals surface area contributed by atoms with Gasteiger partial charge in [-0.05, 0) is 37.5 Å². The van der Waals surface area contributed by atoms with Crippen molar-refractivity contribution in [1.29, 1.82) is 0 Å². The van der Waals surface area contributed by atoms with E-state index in [-0.39, 0.29) is 11.7 Å². The largest absolute Gasteiger partial charge is 0.271 e. The fourth-order valence-corrected chi connectivity index (χ4v) is 3.90. The minimum absolute atomic E-state index is 0.0458. The van der Waals surface area contributed by atoms with E-state index in [1.807, 2.05) is 45.0 Å². The maximum atomic E-state index is 12.3. The molecule has 0 N–H and O–H groups in total. The molecule has 0 aliphatic carbocycles. The third-order valence-electron chi connectivity index (χ3n) is 2.67. The van der Waals surface area contributed by atoms with Crippen LogP contribution in [0.15, 0.2) is 24.3 Å². The zero-order valence-corrected chi connectivity index (χ0v) is 12.6. The summed E-state index contributed by atoms with van der Waals surface area (Å²) < 4.78 is 26.1. The predicted molar refractivity (Wildman–Crippen MR) is 77.9 cm³/mol.